The molecule has 0 saturated heterocycles. The minimum Gasteiger partial charge on any atom is -0.494 e. The number of benzene rings is 1. The van der Waals surface area contributed by atoms with Gasteiger partial charge < -0.3 is 4.74 Å². The number of hydrogen-bond donors (Lipinski definition) is 0. The van der Waals surface area contributed by atoms with Gasteiger partial charge in [0.2, 0.25) is 0 Å². The van der Waals surface area contributed by atoms with Crippen LogP contribution in [0.3, 0.4) is 0 Å². The number of carbonyl (C=O) groups excluding carboxylic acids is 1. The Morgan fingerprint density at radius 1 is 1.60 bits per heavy atom. The molecule has 80 valence electrons. The molecule has 0 atom stereocenters. The summed E-state index contributed by atoms with van der Waals surface area (Å²) in [6, 6.07) is 4.22. The molecule has 3 heteroatoms. The lowest BCUT2D eigenvalue weighted by atomic mass is 10.1. The monoisotopic (exact) mass is 208 g/mol. The second-order valence-corrected chi connectivity index (χ2v) is 3.10. The van der Waals surface area contributed by atoms with Crippen LogP contribution < -0.4 is 4.74 Å². The molecule has 0 aliphatic rings. The first-order valence-corrected chi connectivity index (χ1v) is 4.66. The highest BCUT2D eigenvalue weighted by atomic mass is 19.1. The summed E-state index contributed by atoms with van der Waals surface area (Å²) >= 11 is 0. The minimum atomic E-state index is -0.512. The van der Waals surface area contributed by atoms with Gasteiger partial charge >= 0.3 is 0 Å². The van der Waals surface area contributed by atoms with Crippen molar-refractivity contribution in [2.24, 2.45) is 0 Å². The SMILES string of the molecule is C=CCCC(=O)c1ccc(OC)c(F)c1. The van der Waals surface area contributed by atoms with Crippen LogP contribution in [0.2, 0.25) is 0 Å². The maximum Gasteiger partial charge on any atom is 0.165 e. The van der Waals surface area contributed by atoms with Crippen molar-refractivity contribution in [2.45, 2.75) is 12.8 Å². The van der Waals surface area contributed by atoms with Gasteiger partial charge in [0.25, 0.3) is 0 Å². The molecule has 0 N–H and O–H groups in total. The number of rotatable bonds is 5. The lowest BCUT2D eigenvalue weighted by Gasteiger charge is -2.03. The third kappa shape index (κ3) is 2.91. The van der Waals surface area contributed by atoms with E-state index in [0.717, 1.165) is 0 Å². The highest BCUT2D eigenvalue weighted by molar-refractivity contribution is 5.96. The van der Waals surface area contributed by atoms with Crippen LogP contribution in [0.1, 0.15) is 23.2 Å². The fourth-order valence-electron chi connectivity index (χ4n) is 1.22. The molecule has 15 heavy (non-hydrogen) atoms. The third-order valence-electron chi connectivity index (χ3n) is 2.05. The first-order chi connectivity index (χ1) is 7.19. The number of Topliss-reactive ketones (excluding diaryl/α,β-unsaturated/α-hetero) is 1. The zero-order chi connectivity index (χ0) is 11.3. The second-order valence-electron chi connectivity index (χ2n) is 3.10. The van der Waals surface area contributed by atoms with Gasteiger partial charge in [-0.05, 0) is 24.6 Å². The minimum absolute atomic E-state index is 0.0866. The molecular formula is C12H13FO2. The van der Waals surface area contributed by atoms with Gasteiger partial charge in [0.15, 0.2) is 17.3 Å². The lowest BCUT2D eigenvalue weighted by Crippen LogP contribution is -1.99. The van der Waals surface area contributed by atoms with Crippen LogP contribution in [0.25, 0.3) is 0 Å². The highest BCUT2D eigenvalue weighted by Gasteiger charge is 2.08. The maximum absolute atomic E-state index is 13.2. The van der Waals surface area contributed by atoms with E-state index in [1.54, 1.807) is 12.1 Å². The quantitative estimate of drug-likeness (QED) is 0.549. The largest absolute Gasteiger partial charge is 0.494 e. The second kappa shape index (κ2) is 5.29. The molecule has 2 nitrogen and oxygen atoms in total. The zero-order valence-corrected chi connectivity index (χ0v) is 8.63. The van der Waals surface area contributed by atoms with Gasteiger partial charge in [-0.3, -0.25) is 4.79 Å². The van der Waals surface area contributed by atoms with Crippen LogP contribution in [-0.4, -0.2) is 12.9 Å². The van der Waals surface area contributed by atoms with Crippen molar-refractivity contribution < 1.29 is 13.9 Å². The average molecular weight is 208 g/mol. The van der Waals surface area contributed by atoms with E-state index in [9.17, 15) is 9.18 Å². The molecule has 0 radical (unpaired) electrons. The van der Waals surface area contributed by atoms with Crippen LogP contribution in [0.4, 0.5) is 4.39 Å². The predicted molar refractivity (Wildman–Crippen MR) is 56.7 cm³/mol. The number of allylic oxidation sites excluding steroid dienone is 1. The standard InChI is InChI=1S/C12H13FO2/c1-3-4-5-11(14)9-6-7-12(15-2)10(13)8-9/h3,6-8H,1,4-5H2,2H3. The Bertz CT molecular complexity index is 372. The molecule has 0 aliphatic heterocycles. The fraction of sp³-hybridized carbons (Fsp3) is 0.250. The van der Waals surface area contributed by atoms with Gasteiger partial charge in [0, 0.05) is 12.0 Å². The van der Waals surface area contributed by atoms with Crippen molar-refractivity contribution in [2.75, 3.05) is 7.11 Å². The number of methoxy groups -OCH3 is 1. The van der Waals surface area contributed by atoms with E-state index in [1.165, 1.54) is 19.2 Å². The van der Waals surface area contributed by atoms with E-state index in [-0.39, 0.29) is 11.5 Å². The fourth-order valence-corrected chi connectivity index (χ4v) is 1.22. The zero-order valence-electron chi connectivity index (χ0n) is 8.63. The Morgan fingerprint density at radius 2 is 2.33 bits per heavy atom. The van der Waals surface area contributed by atoms with Crippen LogP contribution in [0.5, 0.6) is 5.75 Å². The summed E-state index contributed by atoms with van der Waals surface area (Å²) in [5.41, 5.74) is 0.371. The normalized spacial score (nSPS) is 9.73. The van der Waals surface area contributed by atoms with Crippen molar-refractivity contribution in [3.63, 3.8) is 0 Å². The highest BCUT2D eigenvalue weighted by Crippen LogP contribution is 2.18. The topological polar surface area (TPSA) is 26.3 Å². The summed E-state index contributed by atoms with van der Waals surface area (Å²) in [5.74, 6) is -0.450. The van der Waals surface area contributed by atoms with Gasteiger partial charge in [-0.1, -0.05) is 6.08 Å². The van der Waals surface area contributed by atoms with Gasteiger partial charge in [-0.15, -0.1) is 6.58 Å². The van der Waals surface area contributed by atoms with Gasteiger partial charge in [-0.25, -0.2) is 4.39 Å². The molecule has 0 fully saturated rings. The summed E-state index contributed by atoms with van der Waals surface area (Å²) in [6.45, 7) is 3.52. The molecule has 1 aromatic carbocycles. The molecule has 1 aromatic rings. The van der Waals surface area contributed by atoms with E-state index in [0.29, 0.717) is 18.4 Å². The average Bonchev–Trinajstić information content (AvgIpc) is 2.25. The summed E-state index contributed by atoms with van der Waals surface area (Å²) < 4.78 is 18.0. The summed E-state index contributed by atoms with van der Waals surface area (Å²) in [6.07, 6.45) is 2.62. The van der Waals surface area contributed by atoms with E-state index in [2.05, 4.69) is 6.58 Å². The van der Waals surface area contributed by atoms with Crippen molar-refractivity contribution in [3.8, 4) is 5.75 Å². The van der Waals surface area contributed by atoms with Crippen molar-refractivity contribution in [3.05, 3.63) is 42.2 Å². The van der Waals surface area contributed by atoms with Crippen LogP contribution >= 0.6 is 0 Å². The van der Waals surface area contributed by atoms with Crippen LogP contribution in [0, 0.1) is 5.82 Å². The molecule has 0 bridgehead atoms. The Hall–Kier alpha value is -1.64. The summed E-state index contributed by atoms with van der Waals surface area (Å²) in [5, 5.41) is 0. The van der Waals surface area contributed by atoms with Gasteiger partial charge in [0.1, 0.15) is 0 Å². The first kappa shape index (κ1) is 11.4. The molecule has 0 heterocycles. The maximum atomic E-state index is 13.2. The Labute approximate surface area is 88.4 Å². The van der Waals surface area contributed by atoms with E-state index < -0.39 is 5.82 Å². The van der Waals surface area contributed by atoms with Crippen molar-refractivity contribution >= 4 is 5.78 Å². The molecule has 0 aliphatic carbocycles. The molecule has 0 unspecified atom stereocenters. The van der Waals surface area contributed by atoms with Crippen molar-refractivity contribution in [1.82, 2.24) is 0 Å². The van der Waals surface area contributed by atoms with E-state index >= 15 is 0 Å². The first-order valence-electron chi connectivity index (χ1n) is 4.66. The Balaban J connectivity index is 2.82. The molecule has 0 spiro atoms. The van der Waals surface area contributed by atoms with E-state index in [4.69, 9.17) is 4.74 Å². The van der Waals surface area contributed by atoms with Crippen LogP contribution in [0.15, 0.2) is 30.9 Å². The van der Waals surface area contributed by atoms with Crippen molar-refractivity contribution in [1.29, 1.82) is 0 Å². The molecule has 0 saturated carbocycles. The Kier molecular flexibility index (Phi) is 4.03. The number of ketones is 1. The number of carbonyl (C=O) groups is 1. The summed E-state index contributed by atoms with van der Waals surface area (Å²) in [7, 11) is 1.39. The van der Waals surface area contributed by atoms with Gasteiger partial charge in [-0.2, -0.15) is 0 Å². The number of ether oxygens (including phenoxy) is 1. The molecular weight excluding hydrogens is 195 g/mol. The third-order valence-corrected chi connectivity index (χ3v) is 2.05. The molecule has 0 amide bonds. The van der Waals surface area contributed by atoms with Gasteiger partial charge in [0.05, 0.1) is 7.11 Å². The molecule has 1 rings (SSSR count). The summed E-state index contributed by atoms with van der Waals surface area (Å²) in [4.78, 5) is 11.5. The van der Waals surface area contributed by atoms with Crippen LogP contribution in [-0.2, 0) is 0 Å². The van der Waals surface area contributed by atoms with E-state index in [1.807, 2.05) is 0 Å². The Morgan fingerprint density at radius 3 is 2.87 bits per heavy atom. The predicted octanol–water partition coefficient (Wildman–Crippen LogP) is 2.98. The smallest absolute Gasteiger partial charge is 0.165 e. The number of halogens is 1. The molecule has 0 aromatic heterocycles. The lowest BCUT2D eigenvalue weighted by molar-refractivity contribution is 0.0983. The number of hydrogen-bond acceptors (Lipinski definition) is 2.